The summed E-state index contributed by atoms with van der Waals surface area (Å²) in [6.45, 7) is 6.17. The van der Waals surface area contributed by atoms with Gasteiger partial charge in [0.2, 0.25) is 5.91 Å². The second-order valence-electron chi connectivity index (χ2n) is 11.9. The highest BCUT2D eigenvalue weighted by atomic mass is 35.5. The van der Waals surface area contributed by atoms with E-state index in [9.17, 15) is 31.9 Å². The molecule has 0 fully saturated rings. The van der Waals surface area contributed by atoms with Crippen molar-refractivity contribution in [3.63, 3.8) is 0 Å². The van der Waals surface area contributed by atoms with Crippen LogP contribution < -0.4 is 16.0 Å². The summed E-state index contributed by atoms with van der Waals surface area (Å²) < 4.78 is 55.4. The molecule has 0 aliphatic heterocycles. The molecule has 2 aromatic carbocycles. The Kier molecular flexibility index (Phi) is 17.6. The van der Waals surface area contributed by atoms with Crippen molar-refractivity contribution >= 4 is 45.7 Å². The van der Waals surface area contributed by atoms with Crippen molar-refractivity contribution in [3.05, 3.63) is 99.8 Å². The first kappa shape index (κ1) is 42.0. The van der Waals surface area contributed by atoms with Crippen molar-refractivity contribution in [2.24, 2.45) is 0 Å². The lowest BCUT2D eigenvalue weighted by Gasteiger charge is -2.28. The van der Waals surface area contributed by atoms with E-state index in [0.717, 1.165) is 29.7 Å². The Hall–Kier alpha value is -3.16. The van der Waals surface area contributed by atoms with Crippen LogP contribution in [-0.2, 0) is 34.0 Å². The van der Waals surface area contributed by atoms with Gasteiger partial charge in [0.05, 0.1) is 28.7 Å². The Bertz CT molecular complexity index is 1590. The molecular formula is C35H46Cl2F2N4O5S. The molecule has 1 aromatic heterocycles. The van der Waals surface area contributed by atoms with Gasteiger partial charge < -0.3 is 21.1 Å². The minimum absolute atomic E-state index is 0. The van der Waals surface area contributed by atoms with E-state index < -0.39 is 62.5 Å². The number of pyridine rings is 1. The minimum Gasteiger partial charge on any atom is -0.390 e. The number of sulfone groups is 1. The lowest BCUT2D eigenvalue weighted by molar-refractivity contribution is -0.124. The Morgan fingerprint density at radius 1 is 0.918 bits per heavy atom. The maximum absolute atomic E-state index is 14.1. The first-order valence-electron chi connectivity index (χ1n) is 16.2. The van der Waals surface area contributed by atoms with Crippen molar-refractivity contribution in [1.29, 1.82) is 0 Å². The summed E-state index contributed by atoms with van der Waals surface area (Å²) in [6.07, 6.45) is 2.60. The van der Waals surface area contributed by atoms with Crippen LogP contribution in [0.25, 0.3) is 0 Å². The zero-order chi connectivity index (χ0) is 35.3. The Balaban J connectivity index is 0.00000833. The summed E-state index contributed by atoms with van der Waals surface area (Å²) in [7, 11) is -3.89. The molecule has 0 saturated carbocycles. The van der Waals surface area contributed by atoms with Gasteiger partial charge in [0.15, 0.2) is 9.84 Å². The molecule has 2 amide bonds. The zero-order valence-electron chi connectivity index (χ0n) is 27.9. The molecule has 0 aliphatic rings. The monoisotopic (exact) mass is 742 g/mol. The first-order valence-corrected chi connectivity index (χ1v) is 18.3. The third kappa shape index (κ3) is 13.6. The predicted octanol–water partition coefficient (Wildman–Crippen LogP) is 5.36. The van der Waals surface area contributed by atoms with Gasteiger partial charge in [-0.15, -0.1) is 12.4 Å². The number of aliphatic hydroxyl groups is 1. The third-order valence-corrected chi connectivity index (χ3v) is 10.5. The van der Waals surface area contributed by atoms with E-state index >= 15 is 0 Å². The van der Waals surface area contributed by atoms with Crippen LogP contribution in [0.2, 0.25) is 5.15 Å². The van der Waals surface area contributed by atoms with Gasteiger partial charge in [-0.25, -0.2) is 22.2 Å². The lowest BCUT2D eigenvalue weighted by atomic mass is 10.00. The molecule has 0 bridgehead atoms. The quantitative estimate of drug-likeness (QED) is 0.122. The fraction of sp³-hybridized carbons (Fsp3) is 0.457. The molecule has 0 spiro atoms. The van der Waals surface area contributed by atoms with E-state index in [-0.39, 0.29) is 41.7 Å². The molecule has 49 heavy (non-hydrogen) atoms. The van der Waals surface area contributed by atoms with Crippen LogP contribution >= 0.6 is 24.0 Å². The normalized spacial score (nSPS) is 13.3. The number of nitrogens with one attached hydrogen (secondary N) is 3. The van der Waals surface area contributed by atoms with E-state index in [0.29, 0.717) is 38.3 Å². The van der Waals surface area contributed by atoms with Crippen molar-refractivity contribution in [2.45, 2.75) is 89.3 Å². The topological polar surface area (TPSA) is 137 Å². The average Bonchev–Trinajstić information content (AvgIpc) is 3.03. The first-order chi connectivity index (χ1) is 22.8. The highest BCUT2D eigenvalue weighted by Crippen LogP contribution is 2.18. The van der Waals surface area contributed by atoms with E-state index in [2.05, 4.69) is 20.9 Å². The Morgan fingerprint density at radius 3 is 2.16 bits per heavy atom. The standard InChI is InChI=1S/C35H45ClF2N4O5S.ClH/c1-4-8-29(9-5-2)48(46,47)22-31(42-34(44)26-12-13-33(36)40-20-26)35(45)41-30(17-25-15-27(37)18-28(38)16-25)32(43)21-39-19-24-11-7-10-23(6-3)14-24;/h7,10-16,18,20,29-32,39,43H,4-6,8-9,17,19,21-22H2,1-3H3,(H,41,45)(H,42,44);1H/t30-,31-,32+;/m0./s1. The molecule has 3 atom stereocenters. The van der Waals surface area contributed by atoms with Gasteiger partial charge in [-0.3, -0.25) is 9.59 Å². The van der Waals surface area contributed by atoms with E-state index in [1.165, 1.54) is 18.3 Å². The number of carbonyl (C=O) groups is 2. The van der Waals surface area contributed by atoms with Crippen LogP contribution in [0.3, 0.4) is 0 Å². The zero-order valence-corrected chi connectivity index (χ0v) is 30.3. The number of halogens is 4. The third-order valence-electron chi connectivity index (χ3n) is 7.99. The highest BCUT2D eigenvalue weighted by Gasteiger charge is 2.34. The van der Waals surface area contributed by atoms with Gasteiger partial charge in [-0.2, -0.15) is 0 Å². The van der Waals surface area contributed by atoms with Gasteiger partial charge in [-0.1, -0.05) is 69.5 Å². The molecule has 0 radical (unpaired) electrons. The van der Waals surface area contributed by atoms with E-state index in [1.54, 1.807) is 0 Å². The number of aromatic nitrogens is 1. The molecular weight excluding hydrogens is 697 g/mol. The number of aryl methyl sites for hydroxylation is 1. The molecule has 14 heteroatoms. The maximum Gasteiger partial charge on any atom is 0.253 e. The van der Waals surface area contributed by atoms with Gasteiger partial charge in [0.1, 0.15) is 22.8 Å². The van der Waals surface area contributed by atoms with Crippen molar-refractivity contribution in [2.75, 3.05) is 12.3 Å². The Morgan fingerprint density at radius 2 is 1.57 bits per heavy atom. The van der Waals surface area contributed by atoms with E-state index in [1.807, 2.05) is 45.0 Å². The maximum atomic E-state index is 14.1. The number of carbonyl (C=O) groups excluding carboxylic acids is 2. The fourth-order valence-electron chi connectivity index (χ4n) is 5.47. The molecule has 3 aromatic rings. The smallest absolute Gasteiger partial charge is 0.253 e. The van der Waals surface area contributed by atoms with Crippen molar-refractivity contribution in [1.82, 2.24) is 20.9 Å². The number of amides is 2. The number of benzene rings is 2. The number of nitrogens with zero attached hydrogens (tertiary/aromatic N) is 1. The minimum atomic E-state index is -3.89. The van der Waals surface area contributed by atoms with Gasteiger partial charge in [0, 0.05) is 25.4 Å². The molecule has 1 heterocycles. The van der Waals surface area contributed by atoms with Crippen LogP contribution in [0.4, 0.5) is 8.78 Å². The SMILES string of the molecule is CCCC(CCC)S(=O)(=O)C[C@H](NC(=O)c1ccc(Cl)nc1)C(=O)N[C@@H](Cc1cc(F)cc(F)c1)[C@H](O)CNCc1cccc(CC)c1.Cl. The molecule has 270 valence electrons. The average molecular weight is 744 g/mol. The number of hydrogen-bond donors (Lipinski definition) is 4. The largest absolute Gasteiger partial charge is 0.390 e. The summed E-state index contributed by atoms with van der Waals surface area (Å²) in [4.78, 5) is 30.9. The van der Waals surface area contributed by atoms with Crippen LogP contribution in [0.1, 0.15) is 73.5 Å². The van der Waals surface area contributed by atoms with Crippen molar-refractivity contribution < 1.29 is 31.9 Å². The second kappa shape index (κ2) is 20.5. The molecule has 0 saturated heterocycles. The Labute approximate surface area is 299 Å². The fourth-order valence-corrected chi connectivity index (χ4v) is 7.74. The molecule has 4 N–H and O–H groups in total. The lowest BCUT2D eigenvalue weighted by Crippen LogP contribution is -2.57. The molecule has 0 unspecified atom stereocenters. The summed E-state index contributed by atoms with van der Waals surface area (Å²) in [6, 6.07) is 10.9. The van der Waals surface area contributed by atoms with Crippen LogP contribution in [-0.4, -0.2) is 66.1 Å². The molecule has 3 rings (SSSR count). The predicted molar refractivity (Wildman–Crippen MR) is 191 cm³/mol. The molecule has 9 nitrogen and oxygen atoms in total. The summed E-state index contributed by atoms with van der Waals surface area (Å²) in [5.74, 6) is -3.98. The number of hydrogen-bond acceptors (Lipinski definition) is 7. The van der Waals surface area contributed by atoms with Gasteiger partial charge in [0.25, 0.3) is 5.91 Å². The van der Waals surface area contributed by atoms with Gasteiger partial charge in [-0.05, 0) is 66.6 Å². The van der Waals surface area contributed by atoms with Crippen LogP contribution in [0.5, 0.6) is 0 Å². The summed E-state index contributed by atoms with van der Waals surface area (Å²) >= 11 is 5.85. The summed E-state index contributed by atoms with van der Waals surface area (Å²) in [5, 5.41) is 19.0. The van der Waals surface area contributed by atoms with Gasteiger partial charge >= 0.3 is 0 Å². The van der Waals surface area contributed by atoms with Crippen molar-refractivity contribution in [3.8, 4) is 0 Å². The van der Waals surface area contributed by atoms with Crippen LogP contribution in [0.15, 0.2) is 60.8 Å². The second-order valence-corrected chi connectivity index (χ2v) is 14.6. The summed E-state index contributed by atoms with van der Waals surface area (Å²) in [5.41, 5.74) is 2.34. The number of aliphatic hydroxyl groups excluding tert-OH is 1. The number of rotatable bonds is 19. The van der Waals surface area contributed by atoms with E-state index in [4.69, 9.17) is 11.6 Å². The molecule has 0 aliphatic carbocycles. The highest BCUT2D eigenvalue weighted by molar-refractivity contribution is 7.92. The van der Waals surface area contributed by atoms with Crippen LogP contribution in [0, 0.1) is 11.6 Å².